The molecule has 0 unspecified atom stereocenters. The van der Waals surface area contributed by atoms with Gasteiger partial charge >= 0.3 is 6.03 Å². The first-order valence-corrected chi connectivity index (χ1v) is 8.28. The van der Waals surface area contributed by atoms with Crippen LogP contribution in [0.15, 0.2) is 42.5 Å². The molecule has 0 saturated heterocycles. The summed E-state index contributed by atoms with van der Waals surface area (Å²) in [6.07, 6.45) is 0.0242. The van der Waals surface area contributed by atoms with E-state index < -0.39 is 23.7 Å². The van der Waals surface area contributed by atoms with Gasteiger partial charge in [-0.2, -0.15) is 0 Å². The van der Waals surface area contributed by atoms with Crippen LogP contribution in [0.2, 0.25) is 0 Å². The van der Waals surface area contributed by atoms with Gasteiger partial charge in [0.2, 0.25) is 5.91 Å². The van der Waals surface area contributed by atoms with Crippen molar-refractivity contribution in [2.75, 3.05) is 24.4 Å². The Morgan fingerprint density at radius 1 is 1.00 bits per heavy atom. The minimum absolute atomic E-state index is 0.0242. The topological polar surface area (TPSA) is 79.5 Å². The van der Waals surface area contributed by atoms with E-state index in [4.69, 9.17) is 4.74 Å². The van der Waals surface area contributed by atoms with Gasteiger partial charge in [0.25, 0.3) is 0 Å². The summed E-state index contributed by atoms with van der Waals surface area (Å²) in [6.45, 7) is 1.60. The molecular formula is C19H21F2N3O3. The van der Waals surface area contributed by atoms with Crippen LogP contribution in [0.5, 0.6) is 0 Å². The van der Waals surface area contributed by atoms with E-state index in [0.717, 1.165) is 0 Å². The molecule has 2 rings (SSSR count). The quantitative estimate of drug-likeness (QED) is 0.693. The van der Waals surface area contributed by atoms with Crippen molar-refractivity contribution in [1.82, 2.24) is 5.32 Å². The normalized spacial score (nSPS) is 11.6. The number of benzene rings is 2. The van der Waals surface area contributed by atoms with Gasteiger partial charge in [-0.1, -0.05) is 6.07 Å². The zero-order chi connectivity index (χ0) is 19.8. The first kappa shape index (κ1) is 20.3. The van der Waals surface area contributed by atoms with Crippen LogP contribution in [0.3, 0.4) is 0 Å². The number of urea groups is 1. The highest BCUT2D eigenvalue weighted by atomic mass is 19.1. The van der Waals surface area contributed by atoms with E-state index in [1.807, 2.05) is 0 Å². The summed E-state index contributed by atoms with van der Waals surface area (Å²) in [5.74, 6) is -1.57. The standard InChI is InChI=1S/C19H21F2N3O3/c1-12(10-15-16(20)4-3-5-17(15)21)22-19(26)24-14-8-6-13(7-9-14)23-18(25)11-27-2/h3-9,12H,10-11H2,1-2H3,(H,23,25)(H2,22,24,26)/t12-/m0/s1. The zero-order valence-corrected chi connectivity index (χ0v) is 15.0. The molecule has 2 aromatic carbocycles. The molecule has 6 nitrogen and oxygen atoms in total. The molecular weight excluding hydrogens is 356 g/mol. The van der Waals surface area contributed by atoms with Crippen molar-refractivity contribution in [1.29, 1.82) is 0 Å². The van der Waals surface area contributed by atoms with Crippen molar-refractivity contribution in [2.45, 2.75) is 19.4 Å². The summed E-state index contributed by atoms with van der Waals surface area (Å²) in [4.78, 5) is 23.5. The maximum absolute atomic E-state index is 13.7. The average molecular weight is 377 g/mol. The number of ether oxygens (including phenoxy) is 1. The first-order chi connectivity index (χ1) is 12.9. The SMILES string of the molecule is COCC(=O)Nc1ccc(NC(=O)N[C@@H](C)Cc2c(F)cccc2F)cc1. The number of hydrogen-bond donors (Lipinski definition) is 3. The molecule has 0 aliphatic carbocycles. The average Bonchev–Trinajstić information content (AvgIpc) is 2.60. The van der Waals surface area contributed by atoms with Crippen molar-refractivity contribution in [2.24, 2.45) is 0 Å². The highest BCUT2D eigenvalue weighted by Gasteiger charge is 2.14. The third-order valence-corrected chi connectivity index (χ3v) is 3.65. The highest BCUT2D eigenvalue weighted by Crippen LogP contribution is 2.15. The van der Waals surface area contributed by atoms with Crippen molar-refractivity contribution in [3.05, 3.63) is 59.7 Å². The van der Waals surface area contributed by atoms with Gasteiger partial charge in [0.15, 0.2) is 0 Å². The van der Waals surface area contributed by atoms with Gasteiger partial charge in [0, 0.05) is 30.1 Å². The van der Waals surface area contributed by atoms with Crippen molar-refractivity contribution in [3.8, 4) is 0 Å². The molecule has 3 amide bonds. The molecule has 2 aromatic rings. The second-order valence-corrected chi connectivity index (χ2v) is 5.96. The van der Waals surface area contributed by atoms with E-state index >= 15 is 0 Å². The molecule has 0 heterocycles. The van der Waals surface area contributed by atoms with Gasteiger partial charge in [-0.3, -0.25) is 4.79 Å². The predicted molar refractivity (Wildman–Crippen MR) is 98.6 cm³/mol. The van der Waals surface area contributed by atoms with Crippen LogP contribution in [-0.2, 0) is 16.0 Å². The Morgan fingerprint density at radius 2 is 1.56 bits per heavy atom. The number of anilines is 2. The molecule has 144 valence electrons. The lowest BCUT2D eigenvalue weighted by Gasteiger charge is -2.16. The molecule has 1 atom stereocenters. The van der Waals surface area contributed by atoms with Crippen LogP contribution in [0.1, 0.15) is 12.5 Å². The summed E-state index contributed by atoms with van der Waals surface area (Å²) in [7, 11) is 1.42. The monoisotopic (exact) mass is 377 g/mol. The lowest BCUT2D eigenvalue weighted by atomic mass is 10.1. The molecule has 0 saturated carbocycles. The first-order valence-electron chi connectivity index (χ1n) is 8.28. The van der Waals surface area contributed by atoms with Crippen LogP contribution >= 0.6 is 0 Å². The van der Waals surface area contributed by atoms with Gasteiger partial charge in [0.05, 0.1) is 0 Å². The summed E-state index contributed by atoms with van der Waals surface area (Å²) in [5.41, 5.74) is 0.995. The minimum Gasteiger partial charge on any atom is -0.375 e. The van der Waals surface area contributed by atoms with Crippen LogP contribution in [0.4, 0.5) is 25.0 Å². The van der Waals surface area contributed by atoms with E-state index in [0.29, 0.717) is 11.4 Å². The Kier molecular flexibility index (Phi) is 7.25. The fourth-order valence-electron chi connectivity index (χ4n) is 2.44. The number of carbonyl (C=O) groups excluding carboxylic acids is 2. The number of halogens is 2. The van der Waals surface area contributed by atoms with Gasteiger partial charge < -0.3 is 20.7 Å². The highest BCUT2D eigenvalue weighted by molar-refractivity contribution is 5.93. The van der Waals surface area contributed by atoms with E-state index in [1.54, 1.807) is 31.2 Å². The number of amides is 3. The molecule has 0 aromatic heterocycles. The number of rotatable bonds is 7. The summed E-state index contributed by atoms with van der Waals surface area (Å²) >= 11 is 0. The van der Waals surface area contributed by atoms with Gasteiger partial charge in [-0.15, -0.1) is 0 Å². The van der Waals surface area contributed by atoms with Crippen molar-refractivity contribution >= 4 is 23.3 Å². The molecule has 0 aliphatic heterocycles. The molecule has 0 radical (unpaired) electrons. The molecule has 8 heteroatoms. The molecule has 0 fully saturated rings. The Labute approximate surface area is 155 Å². The number of methoxy groups -OCH3 is 1. The Morgan fingerprint density at radius 3 is 2.11 bits per heavy atom. The fraction of sp³-hybridized carbons (Fsp3) is 0.263. The van der Waals surface area contributed by atoms with Crippen LogP contribution in [0, 0.1) is 11.6 Å². The van der Waals surface area contributed by atoms with E-state index in [-0.39, 0.29) is 24.5 Å². The lowest BCUT2D eigenvalue weighted by Crippen LogP contribution is -2.37. The maximum atomic E-state index is 13.7. The molecule has 0 bridgehead atoms. The maximum Gasteiger partial charge on any atom is 0.319 e. The number of nitrogens with one attached hydrogen (secondary N) is 3. The second kappa shape index (κ2) is 9.63. The van der Waals surface area contributed by atoms with E-state index in [9.17, 15) is 18.4 Å². The van der Waals surface area contributed by atoms with Gasteiger partial charge in [-0.25, -0.2) is 13.6 Å². The molecule has 0 aliphatic rings. The molecule has 0 spiro atoms. The molecule has 3 N–H and O–H groups in total. The summed E-state index contributed by atoms with van der Waals surface area (Å²) < 4.78 is 32.1. The third-order valence-electron chi connectivity index (χ3n) is 3.65. The van der Waals surface area contributed by atoms with E-state index in [1.165, 1.54) is 25.3 Å². The van der Waals surface area contributed by atoms with E-state index in [2.05, 4.69) is 16.0 Å². The zero-order valence-electron chi connectivity index (χ0n) is 15.0. The predicted octanol–water partition coefficient (Wildman–Crippen LogP) is 3.30. The Balaban J connectivity index is 1.87. The smallest absolute Gasteiger partial charge is 0.319 e. The van der Waals surface area contributed by atoms with Crippen molar-refractivity contribution < 1.29 is 23.1 Å². The summed E-state index contributed by atoms with van der Waals surface area (Å²) in [5, 5.41) is 7.87. The molecule has 27 heavy (non-hydrogen) atoms. The van der Waals surface area contributed by atoms with Crippen LogP contribution in [0.25, 0.3) is 0 Å². The van der Waals surface area contributed by atoms with Crippen molar-refractivity contribution in [3.63, 3.8) is 0 Å². The Hall–Kier alpha value is -3.00. The third kappa shape index (κ3) is 6.34. The van der Waals surface area contributed by atoms with Crippen LogP contribution in [-0.4, -0.2) is 31.7 Å². The largest absolute Gasteiger partial charge is 0.375 e. The van der Waals surface area contributed by atoms with Crippen LogP contribution < -0.4 is 16.0 Å². The van der Waals surface area contributed by atoms with Gasteiger partial charge in [0.1, 0.15) is 18.2 Å². The Bertz CT molecular complexity index is 777. The number of carbonyl (C=O) groups is 2. The summed E-state index contributed by atoms with van der Waals surface area (Å²) in [6, 6.07) is 9.14. The fourth-order valence-corrected chi connectivity index (χ4v) is 2.44. The van der Waals surface area contributed by atoms with Gasteiger partial charge in [-0.05, 0) is 49.7 Å². The lowest BCUT2D eigenvalue weighted by molar-refractivity contribution is -0.119. The number of hydrogen-bond acceptors (Lipinski definition) is 3. The minimum atomic E-state index is -0.643. The second-order valence-electron chi connectivity index (χ2n) is 5.96.